The lowest BCUT2D eigenvalue weighted by molar-refractivity contribution is -0.135. The van der Waals surface area contributed by atoms with Crippen LogP contribution in [0.5, 0.6) is 0 Å². The first-order valence-electron chi connectivity index (χ1n) is 7.86. The Morgan fingerprint density at radius 1 is 0.594 bits per heavy atom. The molecule has 0 aromatic rings. The second-order valence-electron chi connectivity index (χ2n) is 4.37. The Bertz CT molecular complexity index is 465. The van der Waals surface area contributed by atoms with Gasteiger partial charge in [-0.25, -0.2) is 0 Å². The first kappa shape index (κ1) is 47.0. The number of nitrogens with one attached hydrogen (secondary N) is 1. The van der Waals surface area contributed by atoms with Gasteiger partial charge in [-0.3, -0.25) is 33.1 Å². The van der Waals surface area contributed by atoms with Crippen LogP contribution in [0.3, 0.4) is 0 Å². The summed E-state index contributed by atoms with van der Waals surface area (Å²) in [5.41, 5.74) is 10.3. The minimum absolute atomic E-state index is 0.694. The van der Waals surface area contributed by atoms with Crippen LogP contribution >= 0.6 is 0 Å². The molecule has 0 aromatic carbocycles. The summed E-state index contributed by atoms with van der Waals surface area (Å²) in [6, 6.07) is 0. The van der Waals surface area contributed by atoms with E-state index < -0.39 is 40.2 Å². The number of hydrogen-bond donors (Lipinski definition) is 10. The van der Waals surface area contributed by atoms with Crippen molar-refractivity contribution in [1.82, 2.24) is 5.32 Å². The van der Waals surface area contributed by atoms with Crippen molar-refractivity contribution in [3.8, 4) is 0 Å². The summed E-state index contributed by atoms with van der Waals surface area (Å²) in [7, 11) is -4.67. The van der Waals surface area contributed by atoms with Gasteiger partial charge >= 0.3 is 10.4 Å². The van der Waals surface area contributed by atoms with E-state index in [1.54, 1.807) is 0 Å². The fourth-order valence-corrected chi connectivity index (χ4v) is 0.329. The average Bonchev–Trinajstić information content (AvgIpc) is 2.42. The summed E-state index contributed by atoms with van der Waals surface area (Å²) < 4.78 is 31.6. The van der Waals surface area contributed by atoms with Crippen LogP contribution in [0, 0.1) is 0 Å². The zero-order valence-corrected chi connectivity index (χ0v) is 19.2. The first-order chi connectivity index (χ1) is 14.1. The van der Waals surface area contributed by atoms with E-state index in [1.807, 2.05) is 0 Å². The number of carbonyl (C=O) groups is 5. The number of carboxylic acids is 5. The van der Waals surface area contributed by atoms with E-state index in [9.17, 15) is 0 Å². The largest absolute Gasteiger partial charge is 0.481 e. The van der Waals surface area contributed by atoms with E-state index in [0.29, 0.717) is 13.1 Å². The van der Waals surface area contributed by atoms with E-state index in [2.05, 4.69) is 5.32 Å². The van der Waals surface area contributed by atoms with Gasteiger partial charge in [-0.05, 0) is 0 Å². The van der Waals surface area contributed by atoms with Gasteiger partial charge in [-0.1, -0.05) is 0 Å². The van der Waals surface area contributed by atoms with E-state index in [1.165, 1.54) is 0 Å². The van der Waals surface area contributed by atoms with Gasteiger partial charge in [-0.2, -0.15) is 8.42 Å². The molecular formula is C14H35N3O14S. The van der Waals surface area contributed by atoms with Crippen molar-refractivity contribution < 1.29 is 67.0 Å². The number of hydrogen-bond acceptors (Lipinski definition) is 10. The standard InChI is InChI=1S/C4H13N3.5C2H4O2.H2O4S/c5-1-3-7-4-2-6;5*1-2(3)4;1-5(2,3)4/h7H,1-6H2;5*1H3,(H,3,4);(H2,1,2,3,4). The summed E-state index contributed by atoms with van der Waals surface area (Å²) in [6.45, 7) is 8.55. The minimum Gasteiger partial charge on any atom is -0.481 e. The molecule has 0 unspecified atom stereocenters. The first-order valence-corrected chi connectivity index (χ1v) is 9.26. The third-order valence-corrected chi connectivity index (χ3v) is 0.642. The second-order valence-corrected chi connectivity index (χ2v) is 5.27. The maximum absolute atomic E-state index is 9.00. The van der Waals surface area contributed by atoms with Crippen molar-refractivity contribution in [3.63, 3.8) is 0 Å². The molecule has 0 fully saturated rings. The van der Waals surface area contributed by atoms with Gasteiger partial charge in [0.2, 0.25) is 0 Å². The van der Waals surface area contributed by atoms with Crippen LogP contribution in [0.4, 0.5) is 0 Å². The molecule has 0 aliphatic heterocycles. The smallest absolute Gasteiger partial charge is 0.394 e. The number of rotatable bonds is 4. The van der Waals surface area contributed by atoms with Crippen LogP contribution in [0.2, 0.25) is 0 Å². The van der Waals surface area contributed by atoms with Crippen LogP contribution in [-0.2, 0) is 34.4 Å². The Morgan fingerprint density at radius 3 is 0.750 bits per heavy atom. The lowest BCUT2D eigenvalue weighted by Crippen LogP contribution is -2.27. The predicted molar refractivity (Wildman–Crippen MR) is 112 cm³/mol. The molecule has 196 valence electrons. The van der Waals surface area contributed by atoms with Crippen LogP contribution in [0.15, 0.2) is 0 Å². The SMILES string of the molecule is CC(=O)O.CC(=O)O.CC(=O)O.CC(=O)O.CC(=O)O.NCCNCCN.O=S(=O)(O)O. The molecule has 0 rings (SSSR count). The summed E-state index contributed by atoms with van der Waals surface area (Å²) in [4.78, 5) is 45.0. The van der Waals surface area contributed by atoms with Crippen LogP contribution < -0.4 is 16.8 Å². The van der Waals surface area contributed by atoms with E-state index >= 15 is 0 Å². The third-order valence-electron chi connectivity index (χ3n) is 0.642. The van der Waals surface area contributed by atoms with Crippen LogP contribution in [-0.4, -0.2) is 99.1 Å². The Morgan fingerprint density at radius 2 is 0.688 bits per heavy atom. The van der Waals surface area contributed by atoms with E-state index in [0.717, 1.165) is 47.7 Å². The Kier molecular flexibility index (Phi) is 56.9. The molecule has 0 heterocycles. The molecule has 18 heteroatoms. The molecule has 12 N–H and O–H groups in total. The number of carboxylic acid groups (broad SMARTS) is 5. The Hall–Kier alpha value is -2.90. The van der Waals surface area contributed by atoms with E-state index in [4.69, 9.17) is 78.5 Å². The van der Waals surface area contributed by atoms with Crippen molar-refractivity contribution in [2.24, 2.45) is 11.5 Å². The topological polar surface area (TPSA) is 325 Å². The molecule has 17 nitrogen and oxygen atoms in total. The zero-order valence-electron chi connectivity index (χ0n) is 18.4. The van der Waals surface area contributed by atoms with E-state index in [-0.39, 0.29) is 0 Å². The highest BCUT2D eigenvalue weighted by Gasteiger charge is 1.84. The molecule has 0 aliphatic rings. The molecule has 0 bridgehead atoms. The predicted octanol–water partition coefficient (Wildman–Crippen LogP) is -1.70. The van der Waals surface area contributed by atoms with Gasteiger partial charge in [0.05, 0.1) is 0 Å². The lowest BCUT2D eigenvalue weighted by Gasteiger charge is -1.95. The van der Waals surface area contributed by atoms with Crippen molar-refractivity contribution in [2.75, 3.05) is 26.2 Å². The quantitative estimate of drug-likeness (QED) is 0.151. The molecule has 0 atom stereocenters. The molecular weight excluding hydrogens is 466 g/mol. The Balaban J connectivity index is -0.0000000462. The lowest BCUT2D eigenvalue weighted by atomic mass is 10.6. The number of aliphatic carboxylic acids is 5. The molecule has 0 aliphatic carbocycles. The van der Waals surface area contributed by atoms with Gasteiger partial charge < -0.3 is 42.3 Å². The van der Waals surface area contributed by atoms with Gasteiger partial charge in [0.1, 0.15) is 0 Å². The fourth-order valence-electron chi connectivity index (χ4n) is 0.329. The molecule has 0 amide bonds. The van der Waals surface area contributed by atoms with Crippen LogP contribution in [0.1, 0.15) is 34.6 Å². The Labute approximate surface area is 185 Å². The van der Waals surface area contributed by atoms with Crippen molar-refractivity contribution >= 4 is 40.2 Å². The maximum Gasteiger partial charge on any atom is 0.394 e. The molecule has 0 saturated carbocycles. The molecule has 0 aromatic heterocycles. The van der Waals surface area contributed by atoms with Gasteiger partial charge in [0, 0.05) is 60.8 Å². The van der Waals surface area contributed by atoms with Crippen LogP contribution in [0.25, 0.3) is 0 Å². The minimum atomic E-state index is -4.67. The summed E-state index contributed by atoms with van der Waals surface area (Å²) in [5, 5.41) is 40.1. The average molecular weight is 502 g/mol. The summed E-state index contributed by atoms with van der Waals surface area (Å²) in [5.74, 6) is -4.17. The molecule has 0 radical (unpaired) electrons. The second kappa shape index (κ2) is 38.7. The monoisotopic (exact) mass is 501 g/mol. The van der Waals surface area contributed by atoms with Gasteiger partial charge in [-0.15, -0.1) is 0 Å². The van der Waals surface area contributed by atoms with Crippen molar-refractivity contribution in [1.29, 1.82) is 0 Å². The summed E-state index contributed by atoms with van der Waals surface area (Å²) in [6.07, 6.45) is 0. The highest BCUT2D eigenvalue weighted by molar-refractivity contribution is 7.79. The third kappa shape index (κ3) is 15300. The molecule has 0 spiro atoms. The highest BCUT2D eigenvalue weighted by atomic mass is 32.3. The number of nitrogens with two attached hydrogens (primary N) is 2. The zero-order chi connectivity index (χ0) is 27.9. The van der Waals surface area contributed by atoms with Crippen molar-refractivity contribution in [3.05, 3.63) is 0 Å². The summed E-state index contributed by atoms with van der Waals surface area (Å²) >= 11 is 0. The van der Waals surface area contributed by atoms with Crippen molar-refractivity contribution in [2.45, 2.75) is 34.6 Å². The molecule has 0 saturated heterocycles. The normalized spacial score (nSPS) is 7.78. The molecule has 32 heavy (non-hydrogen) atoms. The maximum atomic E-state index is 9.00. The van der Waals surface area contributed by atoms with Gasteiger partial charge in [0.25, 0.3) is 29.8 Å². The van der Waals surface area contributed by atoms with Gasteiger partial charge in [0.15, 0.2) is 0 Å². The fraction of sp³-hybridized carbons (Fsp3) is 0.643. The highest BCUT2D eigenvalue weighted by Crippen LogP contribution is 1.59.